The summed E-state index contributed by atoms with van der Waals surface area (Å²) in [6, 6.07) is 9.60. The molecule has 1 aromatic carbocycles. The highest BCUT2D eigenvalue weighted by molar-refractivity contribution is 7.99. The average molecular weight is 381 g/mol. The van der Waals surface area contributed by atoms with Crippen LogP contribution in [0, 0.1) is 6.92 Å². The summed E-state index contributed by atoms with van der Waals surface area (Å²) in [5.41, 5.74) is 1.58. The third-order valence-corrected chi connectivity index (χ3v) is 4.64. The van der Waals surface area contributed by atoms with Gasteiger partial charge in [-0.1, -0.05) is 19.1 Å². The van der Waals surface area contributed by atoms with E-state index < -0.39 is 12.0 Å². The van der Waals surface area contributed by atoms with E-state index in [1.165, 1.54) is 4.90 Å². The first-order valence-electron chi connectivity index (χ1n) is 8.09. The third-order valence-electron chi connectivity index (χ3n) is 3.75. The highest BCUT2D eigenvalue weighted by Gasteiger charge is 2.36. The number of thioether (sulfide) groups is 1. The second-order valence-electron chi connectivity index (χ2n) is 5.80. The molecular weight excluding hydrogens is 363 g/mol. The van der Waals surface area contributed by atoms with Crippen LogP contribution in [-0.2, 0) is 6.18 Å². The number of rotatable bonds is 5. The molecule has 0 fully saturated rings. The van der Waals surface area contributed by atoms with Gasteiger partial charge in [0.2, 0.25) is 0 Å². The Hall–Kier alpha value is -2.29. The predicted octanol–water partition coefficient (Wildman–Crippen LogP) is 4.74. The van der Waals surface area contributed by atoms with E-state index in [1.54, 1.807) is 24.8 Å². The molecule has 0 bridgehead atoms. The molecule has 9 heteroatoms. The molecule has 0 amide bonds. The minimum absolute atomic E-state index is 0.0817. The van der Waals surface area contributed by atoms with Crippen molar-refractivity contribution in [2.75, 3.05) is 11.1 Å². The molecule has 0 radical (unpaired) electrons. The van der Waals surface area contributed by atoms with Crippen LogP contribution in [0.2, 0.25) is 0 Å². The van der Waals surface area contributed by atoms with Gasteiger partial charge >= 0.3 is 6.18 Å². The summed E-state index contributed by atoms with van der Waals surface area (Å²) in [7, 11) is 0. The largest absolute Gasteiger partial charge is 0.453 e. The lowest BCUT2D eigenvalue weighted by Crippen LogP contribution is -2.12. The number of nitrogens with one attached hydrogen (secondary N) is 1. The fraction of sp³-hybridized carbons (Fsp3) is 0.353. The Kier molecular flexibility index (Phi) is 5.08. The number of aryl methyl sites for hydroxylation is 1. The zero-order chi connectivity index (χ0) is 18.9. The molecule has 1 N–H and O–H groups in total. The summed E-state index contributed by atoms with van der Waals surface area (Å²) in [6.07, 6.45) is -4.61. The third kappa shape index (κ3) is 3.92. The first kappa shape index (κ1) is 18.5. The van der Waals surface area contributed by atoms with Gasteiger partial charge in [-0.2, -0.15) is 22.7 Å². The van der Waals surface area contributed by atoms with Crippen LogP contribution in [0.25, 0.3) is 5.78 Å². The van der Waals surface area contributed by atoms with Gasteiger partial charge < -0.3 is 5.32 Å². The molecule has 138 valence electrons. The SMILES string of the molecule is CCSc1ccc(C(C)Nc2cc(C)nc3nc(C(F)(F)F)nn23)cc1. The average Bonchev–Trinajstić information content (AvgIpc) is 3.00. The van der Waals surface area contributed by atoms with Crippen LogP contribution in [-0.4, -0.2) is 25.3 Å². The van der Waals surface area contributed by atoms with Crippen molar-refractivity contribution in [1.29, 1.82) is 0 Å². The standard InChI is InChI=1S/C17H18F3N5S/c1-4-26-13-7-5-12(6-8-13)11(3)22-14-9-10(2)21-16-23-15(17(18,19)20)24-25(14)16/h5-9,11,22H,4H2,1-3H3. The number of aromatic nitrogens is 4. The molecule has 0 saturated carbocycles. The number of nitrogens with zero attached hydrogens (tertiary/aromatic N) is 4. The minimum Gasteiger partial charge on any atom is -0.363 e. The van der Waals surface area contributed by atoms with Crippen LogP contribution in [0.3, 0.4) is 0 Å². The number of anilines is 1. The Bertz CT molecular complexity index is 905. The van der Waals surface area contributed by atoms with Gasteiger partial charge in [0.25, 0.3) is 11.6 Å². The van der Waals surface area contributed by atoms with E-state index in [9.17, 15) is 13.2 Å². The van der Waals surface area contributed by atoms with Gasteiger partial charge in [0.1, 0.15) is 5.82 Å². The van der Waals surface area contributed by atoms with E-state index in [2.05, 4.69) is 27.3 Å². The summed E-state index contributed by atoms with van der Waals surface area (Å²) in [6.45, 7) is 5.73. The topological polar surface area (TPSA) is 55.1 Å². The maximum atomic E-state index is 12.9. The molecule has 0 aliphatic carbocycles. The number of halogens is 3. The van der Waals surface area contributed by atoms with Crippen molar-refractivity contribution in [3.05, 3.63) is 47.4 Å². The highest BCUT2D eigenvalue weighted by atomic mass is 32.2. The minimum atomic E-state index is -4.61. The lowest BCUT2D eigenvalue weighted by molar-refractivity contribution is -0.144. The second-order valence-corrected chi connectivity index (χ2v) is 7.13. The van der Waals surface area contributed by atoms with E-state index in [1.807, 2.05) is 31.2 Å². The monoisotopic (exact) mass is 381 g/mol. The van der Waals surface area contributed by atoms with Crippen LogP contribution in [0.5, 0.6) is 0 Å². The normalized spacial score (nSPS) is 13.2. The number of hydrogen-bond acceptors (Lipinski definition) is 5. The first-order valence-corrected chi connectivity index (χ1v) is 9.07. The van der Waals surface area contributed by atoms with Crippen LogP contribution < -0.4 is 5.32 Å². The number of alkyl halides is 3. The summed E-state index contributed by atoms with van der Waals surface area (Å²) in [5.74, 6) is 0.124. The summed E-state index contributed by atoms with van der Waals surface area (Å²) >= 11 is 1.75. The van der Waals surface area contributed by atoms with Gasteiger partial charge in [-0.3, -0.25) is 0 Å². The molecule has 1 unspecified atom stereocenters. The quantitative estimate of drug-likeness (QED) is 0.647. The van der Waals surface area contributed by atoms with Crippen molar-refractivity contribution in [2.45, 2.75) is 37.9 Å². The lowest BCUT2D eigenvalue weighted by Gasteiger charge is -2.17. The van der Waals surface area contributed by atoms with Crippen molar-refractivity contribution in [1.82, 2.24) is 19.6 Å². The smallest absolute Gasteiger partial charge is 0.363 e. The number of benzene rings is 1. The van der Waals surface area contributed by atoms with Crippen molar-refractivity contribution < 1.29 is 13.2 Å². The van der Waals surface area contributed by atoms with Crippen molar-refractivity contribution in [3.63, 3.8) is 0 Å². The molecular formula is C17H18F3N5S. The summed E-state index contributed by atoms with van der Waals surface area (Å²) in [5, 5.41) is 6.77. The molecule has 2 heterocycles. The van der Waals surface area contributed by atoms with E-state index >= 15 is 0 Å². The van der Waals surface area contributed by atoms with Crippen LogP contribution in [0.4, 0.5) is 19.0 Å². The van der Waals surface area contributed by atoms with Gasteiger partial charge in [0.15, 0.2) is 0 Å². The number of hydrogen-bond donors (Lipinski definition) is 1. The molecule has 1 atom stereocenters. The van der Waals surface area contributed by atoms with E-state index in [-0.39, 0.29) is 11.8 Å². The van der Waals surface area contributed by atoms with Gasteiger partial charge in [-0.05, 0) is 37.3 Å². The molecule has 3 rings (SSSR count). The Morgan fingerprint density at radius 3 is 2.50 bits per heavy atom. The first-order chi connectivity index (χ1) is 12.3. The van der Waals surface area contributed by atoms with Gasteiger partial charge in [-0.15, -0.1) is 16.9 Å². The molecule has 26 heavy (non-hydrogen) atoms. The Morgan fingerprint density at radius 2 is 1.88 bits per heavy atom. The molecule has 5 nitrogen and oxygen atoms in total. The fourth-order valence-corrected chi connectivity index (χ4v) is 3.20. The van der Waals surface area contributed by atoms with Gasteiger partial charge in [0, 0.05) is 22.7 Å². The summed E-state index contributed by atoms with van der Waals surface area (Å²) < 4.78 is 39.8. The predicted molar refractivity (Wildman–Crippen MR) is 95.4 cm³/mol. The second kappa shape index (κ2) is 7.14. The van der Waals surface area contributed by atoms with E-state index in [0.717, 1.165) is 15.8 Å². The summed E-state index contributed by atoms with van der Waals surface area (Å²) in [4.78, 5) is 8.70. The molecule has 0 aliphatic heterocycles. The maximum absolute atomic E-state index is 12.9. The zero-order valence-corrected chi connectivity index (χ0v) is 15.3. The molecule has 2 aromatic heterocycles. The van der Waals surface area contributed by atoms with Gasteiger partial charge in [-0.25, -0.2) is 4.98 Å². The maximum Gasteiger partial charge on any atom is 0.453 e. The van der Waals surface area contributed by atoms with E-state index in [4.69, 9.17) is 0 Å². The fourth-order valence-electron chi connectivity index (χ4n) is 2.53. The zero-order valence-electron chi connectivity index (χ0n) is 14.5. The molecule has 0 saturated heterocycles. The van der Waals surface area contributed by atoms with Crippen LogP contribution in [0.15, 0.2) is 35.2 Å². The van der Waals surface area contributed by atoms with Gasteiger partial charge in [0.05, 0.1) is 0 Å². The highest BCUT2D eigenvalue weighted by Crippen LogP contribution is 2.28. The number of fused-ring (bicyclic) bond motifs is 1. The molecule has 0 aliphatic rings. The Balaban J connectivity index is 1.90. The molecule has 0 spiro atoms. The Labute approximate surface area is 153 Å². The molecule has 3 aromatic rings. The van der Waals surface area contributed by atoms with E-state index in [0.29, 0.717) is 11.5 Å². The van der Waals surface area contributed by atoms with Crippen LogP contribution in [0.1, 0.15) is 37.0 Å². The van der Waals surface area contributed by atoms with Crippen molar-refractivity contribution in [3.8, 4) is 0 Å². The van der Waals surface area contributed by atoms with Crippen LogP contribution >= 0.6 is 11.8 Å². The lowest BCUT2D eigenvalue weighted by atomic mass is 10.1. The van der Waals surface area contributed by atoms with Crippen molar-refractivity contribution >= 4 is 23.4 Å². The van der Waals surface area contributed by atoms with Crippen molar-refractivity contribution in [2.24, 2.45) is 0 Å². The Morgan fingerprint density at radius 1 is 1.19 bits per heavy atom.